The fourth-order valence-corrected chi connectivity index (χ4v) is 2.29. The lowest BCUT2D eigenvalue weighted by Crippen LogP contribution is -2.27. The third-order valence-corrected chi connectivity index (χ3v) is 3.44. The van der Waals surface area contributed by atoms with Crippen LogP contribution in [-0.2, 0) is 12.1 Å². The van der Waals surface area contributed by atoms with E-state index in [0.29, 0.717) is 23.0 Å². The predicted molar refractivity (Wildman–Crippen MR) is 74.6 cm³/mol. The number of rotatable bonds is 4. The number of benzene rings is 1. The van der Waals surface area contributed by atoms with Gasteiger partial charge in [-0.2, -0.15) is 5.10 Å². The first-order valence-electron chi connectivity index (χ1n) is 6.09. The molecule has 1 N–H and O–H groups in total. The van der Waals surface area contributed by atoms with Gasteiger partial charge in [0.2, 0.25) is 0 Å². The number of ether oxygens (including phenoxy) is 1. The molecule has 1 aromatic heterocycles. The molecule has 0 radical (unpaired) electrons. The first-order chi connectivity index (χ1) is 9.00. The molecule has 19 heavy (non-hydrogen) atoms. The van der Waals surface area contributed by atoms with Crippen LogP contribution in [0, 0.1) is 0 Å². The minimum atomic E-state index is -1.19. The summed E-state index contributed by atoms with van der Waals surface area (Å²) in [6, 6.07) is 7.11. The highest BCUT2D eigenvalue weighted by molar-refractivity contribution is 6.30. The van der Waals surface area contributed by atoms with Crippen molar-refractivity contribution in [1.29, 1.82) is 0 Å². The van der Waals surface area contributed by atoms with Crippen molar-refractivity contribution in [2.75, 3.05) is 7.11 Å². The molecular formula is C14H17ClN2O2. The van der Waals surface area contributed by atoms with Gasteiger partial charge in [-0.25, -0.2) is 0 Å². The molecule has 0 aliphatic carbocycles. The maximum Gasteiger partial charge on any atom is 0.163 e. The van der Waals surface area contributed by atoms with Gasteiger partial charge >= 0.3 is 0 Å². The Labute approximate surface area is 117 Å². The summed E-state index contributed by atoms with van der Waals surface area (Å²) in [7, 11) is 1.57. The summed E-state index contributed by atoms with van der Waals surface area (Å²) in [6.07, 6.45) is 1.61. The van der Waals surface area contributed by atoms with Gasteiger partial charge in [0.1, 0.15) is 11.3 Å². The molecule has 2 aromatic rings. The SMILES string of the molecule is CCn1ncc(OC)c1C(C)(O)c1ccc(Cl)cc1. The van der Waals surface area contributed by atoms with Crippen LogP contribution >= 0.6 is 11.6 Å². The fraction of sp³-hybridized carbons (Fsp3) is 0.357. The van der Waals surface area contributed by atoms with Crippen molar-refractivity contribution in [1.82, 2.24) is 9.78 Å². The molecule has 1 heterocycles. The highest BCUT2D eigenvalue weighted by Gasteiger charge is 2.33. The summed E-state index contributed by atoms with van der Waals surface area (Å²) in [5.41, 5.74) is 0.188. The number of halogens is 1. The third kappa shape index (κ3) is 2.46. The highest BCUT2D eigenvalue weighted by atomic mass is 35.5. The summed E-state index contributed by atoms with van der Waals surface area (Å²) >= 11 is 5.88. The summed E-state index contributed by atoms with van der Waals surface area (Å²) in [6.45, 7) is 4.35. The van der Waals surface area contributed by atoms with Crippen molar-refractivity contribution >= 4 is 11.6 Å². The predicted octanol–water partition coefficient (Wildman–Crippen LogP) is 2.82. The Bertz CT molecular complexity index is 540. The molecule has 0 aliphatic heterocycles. The Morgan fingerprint density at radius 2 is 2.00 bits per heavy atom. The van der Waals surface area contributed by atoms with Crippen molar-refractivity contribution in [3.63, 3.8) is 0 Å². The zero-order chi connectivity index (χ0) is 14.0. The molecule has 0 spiro atoms. The maximum atomic E-state index is 10.9. The van der Waals surface area contributed by atoms with Crippen LogP contribution in [0.15, 0.2) is 30.5 Å². The summed E-state index contributed by atoms with van der Waals surface area (Å²) < 4.78 is 7.02. The van der Waals surface area contributed by atoms with E-state index < -0.39 is 5.60 Å². The second-order valence-electron chi connectivity index (χ2n) is 4.46. The van der Waals surface area contributed by atoms with Gasteiger partial charge in [0, 0.05) is 11.6 Å². The quantitative estimate of drug-likeness (QED) is 0.937. The van der Waals surface area contributed by atoms with E-state index in [4.69, 9.17) is 16.3 Å². The Morgan fingerprint density at radius 1 is 1.37 bits per heavy atom. The van der Waals surface area contributed by atoms with Crippen LogP contribution in [0.1, 0.15) is 25.1 Å². The van der Waals surface area contributed by atoms with Gasteiger partial charge in [-0.05, 0) is 31.5 Å². The van der Waals surface area contributed by atoms with Gasteiger partial charge < -0.3 is 9.84 Å². The third-order valence-electron chi connectivity index (χ3n) is 3.19. The molecule has 1 atom stereocenters. The van der Waals surface area contributed by atoms with E-state index in [1.165, 1.54) is 0 Å². The van der Waals surface area contributed by atoms with Crippen LogP contribution in [-0.4, -0.2) is 22.0 Å². The van der Waals surface area contributed by atoms with Crippen LogP contribution in [0.2, 0.25) is 5.02 Å². The Morgan fingerprint density at radius 3 is 2.53 bits per heavy atom. The minimum Gasteiger partial charge on any atom is -0.493 e. The molecule has 0 amide bonds. The summed E-state index contributed by atoms with van der Waals surface area (Å²) in [5, 5.41) is 15.7. The highest BCUT2D eigenvalue weighted by Crippen LogP contribution is 2.35. The van der Waals surface area contributed by atoms with Crippen LogP contribution in [0.25, 0.3) is 0 Å². The number of hydrogen-bond donors (Lipinski definition) is 1. The Hall–Kier alpha value is -1.52. The average molecular weight is 281 g/mol. The van der Waals surface area contributed by atoms with Crippen molar-refractivity contribution in [2.45, 2.75) is 26.0 Å². The molecule has 0 saturated carbocycles. The summed E-state index contributed by atoms with van der Waals surface area (Å²) in [4.78, 5) is 0. The van der Waals surface area contributed by atoms with Crippen LogP contribution in [0.5, 0.6) is 5.75 Å². The molecule has 0 aliphatic rings. The molecule has 0 fully saturated rings. The fourth-order valence-electron chi connectivity index (χ4n) is 2.16. The van der Waals surface area contributed by atoms with Crippen molar-refractivity contribution < 1.29 is 9.84 Å². The topological polar surface area (TPSA) is 47.3 Å². The second-order valence-corrected chi connectivity index (χ2v) is 4.89. The first-order valence-corrected chi connectivity index (χ1v) is 6.47. The average Bonchev–Trinajstić information content (AvgIpc) is 2.82. The van der Waals surface area contributed by atoms with Crippen molar-refractivity contribution in [3.8, 4) is 5.75 Å². The van der Waals surface area contributed by atoms with Crippen LogP contribution in [0.4, 0.5) is 0 Å². The van der Waals surface area contributed by atoms with E-state index in [1.807, 2.05) is 6.92 Å². The van der Waals surface area contributed by atoms with E-state index in [1.54, 1.807) is 49.2 Å². The molecule has 4 nitrogen and oxygen atoms in total. The Balaban J connectivity index is 2.54. The standard InChI is InChI=1S/C14H17ClN2O2/c1-4-17-13(12(19-3)9-16-17)14(2,18)10-5-7-11(15)8-6-10/h5-9,18H,4H2,1-3H3. The van der Waals surface area contributed by atoms with E-state index in [9.17, 15) is 5.11 Å². The largest absolute Gasteiger partial charge is 0.493 e. The molecular weight excluding hydrogens is 264 g/mol. The zero-order valence-electron chi connectivity index (χ0n) is 11.2. The number of methoxy groups -OCH3 is 1. The lowest BCUT2D eigenvalue weighted by Gasteiger charge is -2.25. The molecule has 1 aromatic carbocycles. The van der Waals surface area contributed by atoms with Gasteiger partial charge in [-0.15, -0.1) is 0 Å². The van der Waals surface area contributed by atoms with E-state index >= 15 is 0 Å². The van der Waals surface area contributed by atoms with Crippen molar-refractivity contribution in [3.05, 3.63) is 46.7 Å². The van der Waals surface area contributed by atoms with E-state index in [2.05, 4.69) is 5.10 Å². The summed E-state index contributed by atoms with van der Waals surface area (Å²) in [5.74, 6) is 0.571. The number of nitrogens with zero attached hydrogens (tertiary/aromatic N) is 2. The zero-order valence-corrected chi connectivity index (χ0v) is 12.0. The lowest BCUT2D eigenvalue weighted by atomic mass is 9.92. The first kappa shape index (κ1) is 13.9. The molecule has 1 unspecified atom stereocenters. The molecule has 0 saturated heterocycles. The number of aryl methyl sites for hydroxylation is 1. The molecule has 0 bridgehead atoms. The maximum absolute atomic E-state index is 10.9. The van der Waals surface area contributed by atoms with Crippen LogP contribution < -0.4 is 4.74 Å². The molecule has 2 rings (SSSR count). The van der Waals surface area contributed by atoms with Gasteiger partial charge in [-0.3, -0.25) is 4.68 Å². The van der Waals surface area contributed by atoms with Gasteiger partial charge in [0.15, 0.2) is 5.75 Å². The number of aliphatic hydroxyl groups is 1. The lowest BCUT2D eigenvalue weighted by molar-refractivity contribution is 0.0885. The van der Waals surface area contributed by atoms with Gasteiger partial charge in [-0.1, -0.05) is 23.7 Å². The molecule has 5 heteroatoms. The second kappa shape index (κ2) is 5.23. The molecule has 102 valence electrons. The smallest absolute Gasteiger partial charge is 0.163 e. The normalized spacial score (nSPS) is 14.2. The van der Waals surface area contributed by atoms with E-state index in [0.717, 1.165) is 5.56 Å². The van der Waals surface area contributed by atoms with Gasteiger partial charge in [0.25, 0.3) is 0 Å². The monoisotopic (exact) mass is 280 g/mol. The van der Waals surface area contributed by atoms with E-state index in [-0.39, 0.29) is 0 Å². The number of hydrogen-bond acceptors (Lipinski definition) is 3. The van der Waals surface area contributed by atoms with Crippen molar-refractivity contribution in [2.24, 2.45) is 0 Å². The minimum absolute atomic E-state index is 0.571. The van der Waals surface area contributed by atoms with Crippen LogP contribution in [0.3, 0.4) is 0 Å². The number of aromatic nitrogens is 2. The van der Waals surface area contributed by atoms with Gasteiger partial charge in [0.05, 0.1) is 13.3 Å². The Kier molecular flexibility index (Phi) is 3.83.